The molecule has 0 aliphatic carbocycles. The van der Waals surface area contributed by atoms with E-state index in [0.29, 0.717) is 6.42 Å². The first-order valence-corrected chi connectivity index (χ1v) is 4.88. The Kier molecular flexibility index (Phi) is 4.03. The van der Waals surface area contributed by atoms with Crippen LogP contribution in [-0.4, -0.2) is 16.9 Å². The van der Waals surface area contributed by atoms with Crippen molar-refractivity contribution in [2.75, 3.05) is 0 Å². The summed E-state index contributed by atoms with van der Waals surface area (Å²) in [5.74, 6) is -1.50. The van der Waals surface area contributed by atoms with Crippen LogP contribution >= 0.6 is 0 Å². The first-order chi connectivity index (χ1) is 7.09. The normalized spacial score (nSPS) is 12.1. The van der Waals surface area contributed by atoms with Crippen LogP contribution in [0.15, 0.2) is 30.3 Å². The molecule has 1 rings (SSSR count). The van der Waals surface area contributed by atoms with Gasteiger partial charge in [-0.25, -0.2) is 0 Å². The summed E-state index contributed by atoms with van der Waals surface area (Å²) < 4.78 is 0. The largest absolute Gasteiger partial charge is 0.481 e. The van der Waals surface area contributed by atoms with Crippen molar-refractivity contribution >= 4 is 11.8 Å². The number of carbonyl (C=O) groups is 2. The minimum atomic E-state index is -1.06. The highest BCUT2D eigenvalue weighted by molar-refractivity contribution is 5.95. The van der Waals surface area contributed by atoms with Crippen LogP contribution in [0.3, 0.4) is 0 Å². The molecular formula is C12H14O3. The number of ketones is 1. The molecule has 0 heterocycles. The van der Waals surface area contributed by atoms with Gasteiger partial charge in [0.05, 0.1) is 0 Å². The van der Waals surface area contributed by atoms with Gasteiger partial charge in [-0.3, -0.25) is 9.59 Å². The van der Waals surface area contributed by atoms with Crippen LogP contribution in [0.5, 0.6) is 0 Å². The Labute approximate surface area is 88.7 Å². The smallest absolute Gasteiger partial charge is 0.310 e. The number of carbonyl (C=O) groups excluding carboxylic acids is 1. The second-order valence-corrected chi connectivity index (χ2v) is 3.63. The Morgan fingerprint density at radius 1 is 1.27 bits per heavy atom. The fraction of sp³-hybridized carbons (Fsp3) is 0.333. The van der Waals surface area contributed by atoms with Crippen LogP contribution in [0.4, 0.5) is 0 Å². The molecule has 0 radical (unpaired) electrons. The minimum absolute atomic E-state index is 0.216. The van der Waals surface area contributed by atoms with E-state index < -0.39 is 5.97 Å². The predicted octanol–water partition coefficient (Wildman–Crippen LogP) is 1.91. The molecule has 0 spiro atoms. The molecule has 1 atom stereocenters. The van der Waals surface area contributed by atoms with E-state index in [1.165, 1.54) is 0 Å². The van der Waals surface area contributed by atoms with E-state index in [4.69, 9.17) is 5.11 Å². The molecule has 0 saturated heterocycles. The van der Waals surface area contributed by atoms with Crippen LogP contribution in [0.1, 0.15) is 18.9 Å². The molecule has 0 aromatic heterocycles. The molecule has 15 heavy (non-hydrogen) atoms. The zero-order chi connectivity index (χ0) is 11.3. The Hall–Kier alpha value is -1.64. The standard InChI is InChI=1S/C12H14O3/c1-9(11(13)8-12(14)15)7-10-5-3-2-4-6-10/h2-6,9H,7-8H2,1H3,(H,14,15). The van der Waals surface area contributed by atoms with Crippen molar-refractivity contribution in [1.82, 2.24) is 0 Å². The van der Waals surface area contributed by atoms with Crippen LogP contribution in [-0.2, 0) is 16.0 Å². The van der Waals surface area contributed by atoms with Gasteiger partial charge in [0.15, 0.2) is 0 Å². The van der Waals surface area contributed by atoms with Gasteiger partial charge in [-0.15, -0.1) is 0 Å². The summed E-state index contributed by atoms with van der Waals surface area (Å²) in [7, 11) is 0. The number of hydrogen-bond donors (Lipinski definition) is 1. The number of benzene rings is 1. The number of aliphatic carboxylic acids is 1. The van der Waals surface area contributed by atoms with Gasteiger partial charge in [-0.05, 0) is 12.0 Å². The fourth-order valence-electron chi connectivity index (χ4n) is 1.40. The number of rotatable bonds is 5. The Morgan fingerprint density at radius 2 is 1.87 bits per heavy atom. The lowest BCUT2D eigenvalue weighted by Gasteiger charge is -2.08. The minimum Gasteiger partial charge on any atom is -0.481 e. The first kappa shape index (κ1) is 11.4. The van der Waals surface area contributed by atoms with Crippen molar-refractivity contribution in [2.24, 2.45) is 5.92 Å². The maximum Gasteiger partial charge on any atom is 0.310 e. The van der Waals surface area contributed by atoms with Gasteiger partial charge < -0.3 is 5.11 Å². The van der Waals surface area contributed by atoms with Gasteiger partial charge in [-0.1, -0.05) is 37.3 Å². The lowest BCUT2D eigenvalue weighted by atomic mass is 9.95. The highest BCUT2D eigenvalue weighted by Crippen LogP contribution is 2.10. The molecule has 0 aliphatic heterocycles. The van der Waals surface area contributed by atoms with Crippen molar-refractivity contribution < 1.29 is 14.7 Å². The van der Waals surface area contributed by atoms with Crippen molar-refractivity contribution in [2.45, 2.75) is 19.8 Å². The second kappa shape index (κ2) is 5.29. The summed E-state index contributed by atoms with van der Waals surface area (Å²) >= 11 is 0. The maximum atomic E-state index is 11.4. The summed E-state index contributed by atoms with van der Waals surface area (Å²) in [5, 5.41) is 8.48. The fourth-order valence-corrected chi connectivity index (χ4v) is 1.40. The molecular weight excluding hydrogens is 192 g/mol. The summed E-state index contributed by atoms with van der Waals surface area (Å²) in [5.41, 5.74) is 1.06. The molecule has 0 fully saturated rings. The zero-order valence-corrected chi connectivity index (χ0v) is 8.64. The Balaban J connectivity index is 2.52. The SMILES string of the molecule is CC(Cc1ccccc1)C(=O)CC(=O)O. The third-order valence-electron chi connectivity index (χ3n) is 2.26. The van der Waals surface area contributed by atoms with E-state index in [1.807, 2.05) is 30.3 Å². The van der Waals surface area contributed by atoms with Crippen molar-refractivity contribution in [3.63, 3.8) is 0 Å². The topological polar surface area (TPSA) is 54.4 Å². The van der Waals surface area contributed by atoms with E-state index in [9.17, 15) is 9.59 Å². The highest BCUT2D eigenvalue weighted by atomic mass is 16.4. The quantitative estimate of drug-likeness (QED) is 0.749. The highest BCUT2D eigenvalue weighted by Gasteiger charge is 2.16. The molecule has 3 nitrogen and oxygen atoms in total. The second-order valence-electron chi connectivity index (χ2n) is 3.63. The van der Waals surface area contributed by atoms with Gasteiger partial charge in [-0.2, -0.15) is 0 Å². The van der Waals surface area contributed by atoms with Crippen LogP contribution in [0.25, 0.3) is 0 Å². The lowest BCUT2D eigenvalue weighted by Crippen LogP contribution is -2.17. The Bertz CT molecular complexity index is 343. The van der Waals surface area contributed by atoms with E-state index in [2.05, 4.69) is 0 Å². The molecule has 0 aliphatic rings. The maximum absolute atomic E-state index is 11.4. The number of carboxylic acid groups (broad SMARTS) is 1. The van der Waals surface area contributed by atoms with Crippen LogP contribution in [0.2, 0.25) is 0 Å². The number of hydrogen-bond acceptors (Lipinski definition) is 2. The van der Waals surface area contributed by atoms with E-state index in [-0.39, 0.29) is 18.1 Å². The summed E-state index contributed by atoms with van der Waals surface area (Å²) in [6, 6.07) is 9.59. The molecule has 3 heteroatoms. The summed E-state index contributed by atoms with van der Waals surface area (Å²) in [4.78, 5) is 21.7. The molecule has 1 N–H and O–H groups in total. The van der Waals surface area contributed by atoms with Crippen LogP contribution in [0, 0.1) is 5.92 Å². The molecule has 1 aromatic carbocycles. The predicted molar refractivity (Wildman–Crippen MR) is 56.6 cm³/mol. The van der Waals surface area contributed by atoms with E-state index in [1.54, 1.807) is 6.92 Å². The van der Waals surface area contributed by atoms with Gasteiger partial charge in [0, 0.05) is 5.92 Å². The van der Waals surface area contributed by atoms with Crippen molar-refractivity contribution in [1.29, 1.82) is 0 Å². The average Bonchev–Trinajstić information content (AvgIpc) is 2.18. The number of carboxylic acids is 1. The van der Waals surface area contributed by atoms with Gasteiger partial charge in [0.1, 0.15) is 12.2 Å². The summed E-state index contributed by atoms with van der Waals surface area (Å²) in [6.45, 7) is 1.76. The molecule has 0 bridgehead atoms. The number of Topliss-reactive ketones (excluding diaryl/α,β-unsaturated/α-hetero) is 1. The lowest BCUT2D eigenvalue weighted by molar-refractivity contribution is -0.141. The molecule has 0 amide bonds. The Morgan fingerprint density at radius 3 is 2.40 bits per heavy atom. The van der Waals surface area contributed by atoms with Crippen molar-refractivity contribution in [3.8, 4) is 0 Å². The molecule has 0 saturated carbocycles. The third-order valence-corrected chi connectivity index (χ3v) is 2.26. The van der Waals surface area contributed by atoms with Crippen LogP contribution < -0.4 is 0 Å². The molecule has 80 valence electrons. The molecule has 1 unspecified atom stereocenters. The van der Waals surface area contributed by atoms with Crippen molar-refractivity contribution in [3.05, 3.63) is 35.9 Å². The summed E-state index contributed by atoms with van der Waals surface area (Å²) in [6.07, 6.45) is 0.223. The average molecular weight is 206 g/mol. The van der Waals surface area contributed by atoms with E-state index in [0.717, 1.165) is 5.56 Å². The zero-order valence-electron chi connectivity index (χ0n) is 8.64. The van der Waals surface area contributed by atoms with Gasteiger partial charge in [0.25, 0.3) is 0 Å². The third kappa shape index (κ3) is 3.94. The first-order valence-electron chi connectivity index (χ1n) is 4.88. The molecule has 1 aromatic rings. The van der Waals surface area contributed by atoms with Gasteiger partial charge >= 0.3 is 5.97 Å². The van der Waals surface area contributed by atoms with E-state index >= 15 is 0 Å². The monoisotopic (exact) mass is 206 g/mol. The van der Waals surface area contributed by atoms with Gasteiger partial charge in [0.2, 0.25) is 0 Å².